The van der Waals surface area contributed by atoms with E-state index in [1.54, 1.807) is 0 Å². The van der Waals surface area contributed by atoms with Crippen molar-refractivity contribution in [3.63, 3.8) is 0 Å². The van der Waals surface area contributed by atoms with Gasteiger partial charge in [-0.2, -0.15) is 0 Å². The van der Waals surface area contributed by atoms with Gasteiger partial charge in [0.05, 0.1) is 0 Å². The molecule has 6 rings (SSSR count). The van der Waals surface area contributed by atoms with Crippen LogP contribution in [0.25, 0.3) is 0 Å². The van der Waals surface area contributed by atoms with E-state index in [1.807, 2.05) is 24.3 Å². The Labute approximate surface area is 306 Å². The van der Waals surface area contributed by atoms with Crippen LogP contribution >= 0.6 is 34.8 Å². The van der Waals surface area contributed by atoms with E-state index in [9.17, 15) is 26.3 Å². The number of ether oxygens (including phenoxy) is 2. The Morgan fingerprint density at radius 2 is 0.961 bits per heavy atom. The van der Waals surface area contributed by atoms with Crippen LogP contribution in [0.4, 0.5) is 54.9 Å². The molecule has 4 aromatic rings. The van der Waals surface area contributed by atoms with Gasteiger partial charge in [-0.15, -0.1) is 26.3 Å². The average molecular weight is 780 g/mol. The number of hydrogen-bond donors (Lipinski definition) is 2. The maximum atomic E-state index is 12.2. The lowest BCUT2D eigenvalue weighted by Crippen LogP contribution is -2.29. The number of pyridine rings is 2. The van der Waals surface area contributed by atoms with Crippen LogP contribution in [0.1, 0.15) is 38.5 Å². The number of nitrogens with one attached hydrogen (secondary N) is 1. The van der Waals surface area contributed by atoms with Crippen LogP contribution in [-0.2, 0) is 0 Å². The molecule has 2 fully saturated rings. The Kier molecular flexibility index (Phi) is 14.4. The minimum absolute atomic E-state index is 0.267. The molecule has 4 heterocycles. The number of anilines is 5. The van der Waals surface area contributed by atoms with Crippen LogP contribution in [0.3, 0.4) is 0 Å². The summed E-state index contributed by atoms with van der Waals surface area (Å²) in [5.74, 6) is 0.000345. The van der Waals surface area contributed by atoms with Crippen molar-refractivity contribution < 1.29 is 35.8 Å². The first-order chi connectivity index (χ1) is 24.1. The molecular weight excluding hydrogens is 745 g/mol. The van der Waals surface area contributed by atoms with Crippen LogP contribution in [0.2, 0.25) is 15.5 Å². The molecule has 2 aromatic heterocycles. The summed E-state index contributed by atoms with van der Waals surface area (Å²) in [7, 11) is 0. The van der Waals surface area contributed by atoms with E-state index in [-0.39, 0.29) is 11.5 Å². The molecule has 0 radical (unpaired) electrons. The Morgan fingerprint density at radius 3 is 1.39 bits per heavy atom. The van der Waals surface area contributed by atoms with Gasteiger partial charge >= 0.3 is 12.7 Å². The lowest BCUT2D eigenvalue weighted by Gasteiger charge is -2.29. The number of piperidine rings is 2. The van der Waals surface area contributed by atoms with Crippen LogP contribution in [0, 0.1) is 0 Å². The molecule has 17 heteroatoms. The van der Waals surface area contributed by atoms with E-state index in [2.05, 4.69) is 34.6 Å². The van der Waals surface area contributed by atoms with Crippen molar-refractivity contribution in [3.05, 3.63) is 88.3 Å². The number of halogens is 9. The molecule has 2 aliphatic rings. The van der Waals surface area contributed by atoms with Crippen LogP contribution in [0.15, 0.2) is 72.8 Å². The topological polar surface area (TPSA) is 88.8 Å². The smallest absolute Gasteiger partial charge is 0.406 e. The van der Waals surface area contributed by atoms with Gasteiger partial charge in [0.15, 0.2) is 0 Å². The molecule has 2 aliphatic heterocycles. The van der Waals surface area contributed by atoms with Gasteiger partial charge in [0.2, 0.25) is 0 Å². The summed E-state index contributed by atoms with van der Waals surface area (Å²) in [6.07, 6.45) is -2.01. The standard InChI is InChI=1S/C17H17ClF3N3O.C10H12Cl2N2.C7H6F3NO/c18-15-10-13(24-8-2-1-3-9-24)11-16(23-15)22-12-4-6-14(7-5-12)25-17(19,20)21;11-9-6-8(7-10(12)13-9)14-4-2-1-3-5-14;8-7(9,10)12-6-3-1-5(11)2-4-6/h4-7,10-11H,1-3,8-9H2,(H,22,23);6-7H,1-5H2;1-4H,11H2. The Bertz CT molecular complexity index is 1650. The van der Waals surface area contributed by atoms with Crippen molar-refractivity contribution in [1.82, 2.24) is 9.97 Å². The molecule has 0 unspecified atom stereocenters. The normalized spacial score (nSPS) is 14.8. The number of nitrogens with zero attached hydrogens (tertiary/aromatic N) is 4. The molecule has 8 nitrogen and oxygen atoms in total. The van der Waals surface area contributed by atoms with Gasteiger partial charge in [0.25, 0.3) is 0 Å². The monoisotopic (exact) mass is 778 g/mol. The van der Waals surface area contributed by atoms with Crippen molar-refractivity contribution in [3.8, 4) is 11.5 Å². The van der Waals surface area contributed by atoms with Gasteiger partial charge in [-0.3, -0.25) is 0 Å². The molecule has 0 atom stereocenters. The third kappa shape index (κ3) is 14.6. The summed E-state index contributed by atoms with van der Waals surface area (Å²) in [5.41, 5.74) is 8.32. The molecule has 0 aliphatic carbocycles. The molecular formula is C34H35Cl3F6N6O2. The predicted octanol–water partition coefficient (Wildman–Crippen LogP) is 10.9. The van der Waals surface area contributed by atoms with Crippen LogP contribution in [0.5, 0.6) is 11.5 Å². The highest BCUT2D eigenvalue weighted by molar-refractivity contribution is 6.32. The van der Waals surface area contributed by atoms with Crippen molar-refractivity contribution >= 4 is 63.4 Å². The van der Waals surface area contributed by atoms with E-state index >= 15 is 0 Å². The third-order valence-corrected chi connectivity index (χ3v) is 8.02. The van der Waals surface area contributed by atoms with Gasteiger partial charge in [-0.1, -0.05) is 34.8 Å². The van der Waals surface area contributed by atoms with Gasteiger partial charge in [-0.25, -0.2) is 9.97 Å². The second-order valence-corrected chi connectivity index (χ2v) is 12.6. The Balaban J connectivity index is 0.000000189. The number of benzene rings is 2. The van der Waals surface area contributed by atoms with Gasteiger partial charge in [0.1, 0.15) is 32.8 Å². The van der Waals surface area contributed by atoms with E-state index in [1.165, 1.54) is 62.1 Å². The molecule has 2 saturated heterocycles. The molecule has 2 aromatic carbocycles. The van der Waals surface area contributed by atoms with Gasteiger partial charge in [-0.05, 0) is 105 Å². The van der Waals surface area contributed by atoms with Crippen molar-refractivity contribution in [2.24, 2.45) is 0 Å². The first-order valence-corrected chi connectivity index (χ1v) is 17.0. The second-order valence-electron chi connectivity index (χ2n) is 11.4. The SMILES string of the molecule is Clc1cc(N2CCCCC2)cc(Cl)n1.FC(F)(F)Oc1ccc(Nc2cc(N3CCCCC3)cc(Cl)n2)cc1.Nc1ccc(OC(F)(F)F)cc1. The minimum atomic E-state index is -4.70. The highest BCUT2D eigenvalue weighted by atomic mass is 35.5. The molecule has 0 amide bonds. The fraction of sp³-hybridized carbons (Fsp3) is 0.353. The zero-order valence-corrected chi connectivity index (χ0v) is 29.4. The quantitative estimate of drug-likeness (QED) is 0.114. The number of hydrogen-bond acceptors (Lipinski definition) is 8. The molecule has 276 valence electrons. The fourth-order valence-corrected chi connectivity index (χ4v) is 5.88. The summed E-state index contributed by atoms with van der Waals surface area (Å²) >= 11 is 17.8. The average Bonchev–Trinajstić information content (AvgIpc) is 3.06. The fourth-order valence-electron chi connectivity index (χ4n) is 5.23. The highest BCUT2D eigenvalue weighted by Crippen LogP contribution is 2.29. The van der Waals surface area contributed by atoms with E-state index in [0.717, 1.165) is 62.5 Å². The summed E-state index contributed by atoms with van der Waals surface area (Å²) in [4.78, 5) is 12.7. The minimum Gasteiger partial charge on any atom is -0.406 e. The lowest BCUT2D eigenvalue weighted by atomic mass is 10.1. The largest absolute Gasteiger partial charge is 0.573 e. The van der Waals surface area contributed by atoms with Crippen molar-refractivity contribution in [2.75, 3.05) is 47.0 Å². The molecule has 51 heavy (non-hydrogen) atoms. The van der Waals surface area contributed by atoms with Crippen LogP contribution in [-0.4, -0.2) is 48.9 Å². The number of alkyl halides is 6. The second kappa shape index (κ2) is 18.5. The first kappa shape index (κ1) is 39.8. The highest BCUT2D eigenvalue weighted by Gasteiger charge is 2.31. The number of aromatic nitrogens is 2. The summed E-state index contributed by atoms with van der Waals surface area (Å²) in [6.45, 7) is 4.14. The number of rotatable bonds is 6. The van der Waals surface area contributed by atoms with E-state index in [4.69, 9.17) is 40.5 Å². The molecule has 0 saturated carbocycles. The Morgan fingerprint density at radius 1 is 0.569 bits per heavy atom. The number of nitrogens with two attached hydrogens (primary N) is 1. The Hall–Kier alpha value is -4.01. The summed E-state index contributed by atoms with van der Waals surface area (Å²) in [6, 6.07) is 17.9. The van der Waals surface area contributed by atoms with Gasteiger partial charge in [0, 0.05) is 55.0 Å². The predicted molar refractivity (Wildman–Crippen MR) is 190 cm³/mol. The maximum absolute atomic E-state index is 12.2. The third-order valence-electron chi connectivity index (χ3n) is 7.44. The molecule has 3 N–H and O–H groups in total. The summed E-state index contributed by atoms with van der Waals surface area (Å²) < 4.78 is 78.8. The zero-order chi connectivity index (χ0) is 37.0. The number of nitrogen functional groups attached to an aromatic ring is 1. The first-order valence-electron chi connectivity index (χ1n) is 15.9. The maximum Gasteiger partial charge on any atom is 0.573 e. The summed E-state index contributed by atoms with van der Waals surface area (Å²) in [5, 5.41) is 4.36. The molecule has 0 bridgehead atoms. The van der Waals surface area contributed by atoms with Crippen molar-refractivity contribution in [1.29, 1.82) is 0 Å². The molecule has 0 spiro atoms. The van der Waals surface area contributed by atoms with E-state index < -0.39 is 12.7 Å². The van der Waals surface area contributed by atoms with Crippen LogP contribution < -0.4 is 30.3 Å². The van der Waals surface area contributed by atoms with Crippen molar-refractivity contribution in [2.45, 2.75) is 51.2 Å². The zero-order valence-electron chi connectivity index (χ0n) is 27.1. The van der Waals surface area contributed by atoms with Gasteiger partial charge < -0.3 is 30.3 Å². The lowest BCUT2D eigenvalue weighted by molar-refractivity contribution is -0.275. The van der Waals surface area contributed by atoms with E-state index in [0.29, 0.717) is 32.7 Å².